The van der Waals surface area contributed by atoms with Crippen LogP contribution in [0.1, 0.15) is 24.0 Å². The van der Waals surface area contributed by atoms with Gasteiger partial charge in [-0.2, -0.15) is 5.26 Å². The largest absolute Gasteiger partial charge is 0.315 e. The number of piperidine rings is 1. The molecule has 3 rings (SSSR count). The van der Waals surface area contributed by atoms with Gasteiger partial charge in [0.2, 0.25) is 0 Å². The molecule has 2 unspecified atom stereocenters. The van der Waals surface area contributed by atoms with Crippen molar-refractivity contribution in [3.63, 3.8) is 0 Å². The fraction of sp³-hybridized carbons (Fsp3) is 0.533. The molecule has 0 spiro atoms. The summed E-state index contributed by atoms with van der Waals surface area (Å²) in [5, 5.41) is 12.3. The van der Waals surface area contributed by atoms with Gasteiger partial charge in [0.25, 0.3) is 0 Å². The summed E-state index contributed by atoms with van der Waals surface area (Å²) in [5.74, 6) is 0.329. The topological polar surface area (TPSA) is 39.1 Å². The van der Waals surface area contributed by atoms with Crippen LogP contribution in [0, 0.1) is 23.1 Å². The van der Waals surface area contributed by atoms with Crippen LogP contribution in [0.25, 0.3) is 0 Å². The molecule has 0 saturated carbocycles. The van der Waals surface area contributed by atoms with Gasteiger partial charge in [-0.05, 0) is 49.5 Å². The summed E-state index contributed by atoms with van der Waals surface area (Å²) in [4.78, 5) is 2.47. The fourth-order valence-corrected chi connectivity index (χ4v) is 3.35. The van der Waals surface area contributed by atoms with E-state index in [9.17, 15) is 4.39 Å². The molecule has 1 aromatic rings. The Kier molecular flexibility index (Phi) is 3.50. The monoisotopic (exact) mass is 259 g/mol. The van der Waals surface area contributed by atoms with Crippen molar-refractivity contribution in [1.29, 1.82) is 5.26 Å². The van der Waals surface area contributed by atoms with Gasteiger partial charge < -0.3 is 5.32 Å². The lowest BCUT2D eigenvalue weighted by Gasteiger charge is -2.37. The van der Waals surface area contributed by atoms with E-state index < -0.39 is 5.82 Å². The molecule has 2 heterocycles. The second-order valence-electron chi connectivity index (χ2n) is 5.52. The number of fused-ring (bicyclic) bond motifs is 1. The summed E-state index contributed by atoms with van der Waals surface area (Å²) in [7, 11) is 0. The maximum Gasteiger partial charge on any atom is 0.140 e. The molecule has 0 aliphatic carbocycles. The first-order valence-electron chi connectivity index (χ1n) is 6.91. The molecule has 0 bridgehead atoms. The van der Waals surface area contributed by atoms with Crippen molar-refractivity contribution in [2.24, 2.45) is 5.92 Å². The Balaban J connectivity index is 1.75. The Morgan fingerprint density at radius 1 is 1.42 bits per heavy atom. The van der Waals surface area contributed by atoms with Gasteiger partial charge in [-0.25, -0.2) is 4.39 Å². The Morgan fingerprint density at radius 2 is 2.32 bits per heavy atom. The normalized spacial score (nSPS) is 26.9. The third-order valence-electron chi connectivity index (χ3n) is 4.33. The van der Waals surface area contributed by atoms with Gasteiger partial charge in [0.1, 0.15) is 11.9 Å². The molecular weight excluding hydrogens is 241 g/mol. The lowest BCUT2D eigenvalue weighted by atomic mass is 9.91. The molecule has 0 aromatic heterocycles. The zero-order valence-electron chi connectivity index (χ0n) is 10.9. The second kappa shape index (κ2) is 5.28. The summed E-state index contributed by atoms with van der Waals surface area (Å²) in [6.45, 7) is 4.09. The van der Waals surface area contributed by atoms with Crippen LogP contribution in [-0.2, 0) is 6.54 Å². The minimum absolute atomic E-state index is 0.149. The predicted octanol–water partition coefficient (Wildman–Crippen LogP) is 1.88. The second-order valence-corrected chi connectivity index (χ2v) is 5.52. The molecule has 4 heteroatoms. The number of nitrogens with one attached hydrogen (secondary N) is 1. The van der Waals surface area contributed by atoms with Gasteiger partial charge in [0.15, 0.2) is 0 Å². The third-order valence-corrected chi connectivity index (χ3v) is 4.33. The number of likely N-dealkylation sites (tertiary alicyclic amines) is 1. The van der Waals surface area contributed by atoms with Crippen LogP contribution in [-0.4, -0.2) is 30.6 Å². The van der Waals surface area contributed by atoms with Crippen molar-refractivity contribution >= 4 is 0 Å². The van der Waals surface area contributed by atoms with Crippen molar-refractivity contribution in [3.05, 3.63) is 35.1 Å². The number of nitrogens with zero attached hydrogens (tertiary/aromatic N) is 2. The molecule has 1 aromatic carbocycles. The van der Waals surface area contributed by atoms with Crippen LogP contribution in [0.3, 0.4) is 0 Å². The van der Waals surface area contributed by atoms with Gasteiger partial charge in [0, 0.05) is 19.1 Å². The van der Waals surface area contributed by atoms with Crippen LogP contribution >= 0.6 is 0 Å². The van der Waals surface area contributed by atoms with Crippen LogP contribution in [0.2, 0.25) is 0 Å². The highest BCUT2D eigenvalue weighted by Crippen LogP contribution is 2.27. The quantitative estimate of drug-likeness (QED) is 0.881. The van der Waals surface area contributed by atoms with Crippen LogP contribution in [0.15, 0.2) is 18.2 Å². The van der Waals surface area contributed by atoms with E-state index in [0.29, 0.717) is 6.04 Å². The third kappa shape index (κ3) is 2.49. The lowest BCUT2D eigenvalue weighted by molar-refractivity contribution is 0.117. The van der Waals surface area contributed by atoms with Gasteiger partial charge in [-0.1, -0.05) is 6.07 Å². The van der Waals surface area contributed by atoms with Crippen molar-refractivity contribution in [2.75, 3.05) is 19.6 Å². The zero-order chi connectivity index (χ0) is 13.2. The highest BCUT2D eigenvalue weighted by Gasteiger charge is 2.34. The highest BCUT2D eigenvalue weighted by atomic mass is 19.1. The maximum absolute atomic E-state index is 13.3. The SMILES string of the molecule is N#Cc1cc(CN2CCCC3CNCC32)ccc1F. The molecule has 100 valence electrons. The molecule has 2 atom stereocenters. The van der Waals surface area contributed by atoms with E-state index in [1.165, 1.54) is 18.9 Å². The van der Waals surface area contributed by atoms with E-state index in [2.05, 4.69) is 10.2 Å². The molecular formula is C15H18FN3. The van der Waals surface area contributed by atoms with Gasteiger partial charge in [-0.15, -0.1) is 0 Å². The summed E-state index contributed by atoms with van der Waals surface area (Å²) >= 11 is 0. The molecule has 1 N–H and O–H groups in total. The first-order valence-corrected chi connectivity index (χ1v) is 6.91. The van der Waals surface area contributed by atoms with E-state index in [1.54, 1.807) is 12.1 Å². The Labute approximate surface area is 113 Å². The number of hydrogen-bond donors (Lipinski definition) is 1. The molecule has 2 aliphatic heterocycles. The summed E-state index contributed by atoms with van der Waals surface area (Å²) in [5.41, 5.74) is 1.18. The van der Waals surface area contributed by atoms with E-state index in [1.807, 2.05) is 6.07 Å². The molecule has 0 amide bonds. The van der Waals surface area contributed by atoms with Crippen molar-refractivity contribution in [1.82, 2.24) is 10.2 Å². The fourth-order valence-electron chi connectivity index (χ4n) is 3.35. The highest BCUT2D eigenvalue weighted by molar-refractivity contribution is 5.34. The van der Waals surface area contributed by atoms with Gasteiger partial charge in [0.05, 0.1) is 5.56 Å². The Bertz CT molecular complexity index is 509. The summed E-state index contributed by atoms with van der Waals surface area (Å²) in [6.07, 6.45) is 2.54. The molecule has 0 radical (unpaired) electrons. The zero-order valence-corrected chi connectivity index (χ0v) is 10.9. The molecule has 3 nitrogen and oxygen atoms in total. The number of halogens is 1. The molecule has 2 fully saturated rings. The summed E-state index contributed by atoms with van der Waals surface area (Å²) < 4.78 is 13.3. The maximum atomic E-state index is 13.3. The Hall–Kier alpha value is -1.44. The van der Waals surface area contributed by atoms with Crippen LogP contribution in [0.5, 0.6) is 0 Å². The minimum Gasteiger partial charge on any atom is -0.315 e. The smallest absolute Gasteiger partial charge is 0.140 e. The Morgan fingerprint density at radius 3 is 3.16 bits per heavy atom. The number of hydrogen-bond acceptors (Lipinski definition) is 3. The lowest BCUT2D eigenvalue weighted by Crippen LogP contribution is -2.44. The average Bonchev–Trinajstić information content (AvgIpc) is 2.90. The number of benzene rings is 1. The van der Waals surface area contributed by atoms with Gasteiger partial charge >= 0.3 is 0 Å². The van der Waals surface area contributed by atoms with E-state index in [0.717, 1.165) is 37.7 Å². The molecule has 2 aliphatic rings. The average molecular weight is 259 g/mol. The van der Waals surface area contributed by atoms with Gasteiger partial charge in [-0.3, -0.25) is 4.90 Å². The van der Waals surface area contributed by atoms with E-state index in [4.69, 9.17) is 5.26 Å². The predicted molar refractivity (Wildman–Crippen MR) is 70.9 cm³/mol. The molecule has 2 saturated heterocycles. The van der Waals surface area contributed by atoms with Crippen LogP contribution < -0.4 is 5.32 Å². The van der Waals surface area contributed by atoms with E-state index >= 15 is 0 Å². The van der Waals surface area contributed by atoms with Crippen molar-refractivity contribution < 1.29 is 4.39 Å². The minimum atomic E-state index is -0.426. The molecule has 19 heavy (non-hydrogen) atoms. The van der Waals surface area contributed by atoms with Crippen molar-refractivity contribution in [3.8, 4) is 6.07 Å². The van der Waals surface area contributed by atoms with E-state index in [-0.39, 0.29) is 5.56 Å². The van der Waals surface area contributed by atoms with Crippen molar-refractivity contribution in [2.45, 2.75) is 25.4 Å². The number of nitriles is 1. The standard InChI is InChI=1S/C15H18FN3/c16-14-4-3-11(6-13(14)7-17)10-19-5-1-2-12-8-18-9-15(12)19/h3-4,6,12,15,18H,1-2,5,8-10H2. The first kappa shape index (κ1) is 12.6. The first-order chi connectivity index (χ1) is 9.28. The summed E-state index contributed by atoms with van der Waals surface area (Å²) in [6, 6.07) is 7.40. The number of rotatable bonds is 2. The van der Waals surface area contributed by atoms with Crippen LogP contribution in [0.4, 0.5) is 4.39 Å².